The van der Waals surface area contributed by atoms with Gasteiger partial charge in [0.2, 0.25) is 5.91 Å². The molecule has 0 bridgehead atoms. The first kappa shape index (κ1) is 12.4. The molecule has 15 heavy (non-hydrogen) atoms. The SMILES string of the molecule is COCC(O)CCNC(=O)[C@@H]1CCCN1. The maximum atomic E-state index is 11.5. The van der Waals surface area contributed by atoms with Crippen LogP contribution in [0.1, 0.15) is 19.3 Å². The molecule has 0 aliphatic carbocycles. The predicted molar refractivity (Wildman–Crippen MR) is 56.5 cm³/mol. The van der Waals surface area contributed by atoms with Crippen molar-refractivity contribution in [2.75, 3.05) is 26.8 Å². The molecule has 3 N–H and O–H groups in total. The zero-order chi connectivity index (χ0) is 11.1. The first-order valence-electron chi connectivity index (χ1n) is 5.42. The minimum atomic E-state index is -0.494. The van der Waals surface area contributed by atoms with Crippen LogP contribution in [-0.4, -0.2) is 50.0 Å². The smallest absolute Gasteiger partial charge is 0.237 e. The molecule has 1 unspecified atom stereocenters. The third kappa shape index (κ3) is 4.59. The van der Waals surface area contributed by atoms with Crippen LogP contribution < -0.4 is 10.6 Å². The third-order valence-electron chi connectivity index (χ3n) is 2.51. The van der Waals surface area contributed by atoms with E-state index in [2.05, 4.69) is 10.6 Å². The van der Waals surface area contributed by atoms with Crippen LogP contribution in [0, 0.1) is 0 Å². The second kappa shape index (κ2) is 6.76. The molecule has 0 spiro atoms. The van der Waals surface area contributed by atoms with Crippen molar-refractivity contribution in [3.05, 3.63) is 0 Å². The van der Waals surface area contributed by atoms with Gasteiger partial charge in [-0.3, -0.25) is 4.79 Å². The Bertz CT molecular complexity index is 193. The number of nitrogens with one attached hydrogen (secondary N) is 2. The van der Waals surface area contributed by atoms with Gasteiger partial charge < -0.3 is 20.5 Å². The third-order valence-corrected chi connectivity index (χ3v) is 2.51. The van der Waals surface area contributed by atoms with E-state index in [0.29, 0.717) is 19.6 Å². The number of methoxy groups -OCH3 is 1. The molecule has 1 amide bonds. The molecule has 1 rings (SSSR count). The van der Waals surface area contributed by atoms with E-state index in [0.717, 1.165) is 19.4 Å². The fraction of sp³-hybridized carbons (Fsp3) is 0.900. The first-order chi connectivity index (χ1) is 7.24. The van der Waals surface area contributed by atoms with Crippen LogP contribution in [0.3, 0.4) is 0 Å². The van der Waals surface area contributed by atoms with E-state index < -0.39 is 6.10 Å². The maximum Gasteiger partial charge on any atom is 0.237 e. The number of amides is 1. The summed E-state index contributed by atoms with van der Waals surface area (Å²) in [4.78, 5) is 11.5. The second-order valence-electron chi connectivity index (χ2n) is 3.84. The molecule has 5 nitrogen and oxygen atoms in total. The number of hydrogen-bond acceptors (Lipinski definition) is 4. The molecular weight excluding hydrogens is 196 g/mol. The van der Waals surface area contributed by atoms with E-state index in [9.17, 15) is 9.90 Å². The zero-order valence-corrected chi connectivity index (χ0v) is 9.16. The molecule has 1 fully saturated rings. The molecule has 0 aromatic rings. The van der Waals surface area contributed by atoms with Crippen LogP contribution in [-0.2, 0) is 9.53 Å². The molecule has 0 aromatic heterocycles. The minimum Gasteiger partial charge on any atom is -0.391 e. The van der Waals surface area contributed by atoms with E-state index in [1.54, 1.807) is 7.11 Å². The quantitative estimate of drug-likeness (QED) is 0.546. The molecule has 5 heteroatoms. The van der Waals surface area contributed by atoms with Gasteiger partial charge in [-0.1, -0.05) is 0 Å². The molecule has 1 aliphatic heterocycles. The van der Waals surface area contributed by atoms with Gasteiger partial charge in [0.05, 0.1) is 18.8 Å². The predicted octanol–water partition coefficient (Wildman–Crippen LogP) is -0.748. The molecule has 88 valence electrons. The van der Waals surface area contributed by atoms with E-state index >= 15 is 0 Å². The van der Waals surface area contributed by atoms with Gasteiger partial charge in [-0.2, -0.15) is 0 Å². The summed E-state index contributed by atoms with van der Waals surface area (Å²) in [6.45, 7) is 1.74. The number of rotatable bonds is 6. The summed E-state index contributed by atoms with van der Waals surface area (Å²) in [5.41, 5.74) is 0. The Labute approximate surface area is 90.2 Å². The molecule has 0 aromatic carbocycles. The Morgan fingerprint density at radius 1 is 1.73 bits per heavy atom. The van der Waals surface area contributed by atoms with Crippen molar-refractivity contribution in [1.82, 2.24) is 10.6 Å². The molecular formula is C10H20N2O3. The highest BCUT2D eigenvalue weighted by Gasteiger charge is 2.21. The van der Waals surface area contributed by atoms with Gasteiger partial charge in [0, 0.05) is 13.7 Å². The second-order valence-corrected chi connectivity index (χ2v) is 3.84. The van der Waals surface area contributed by atoms with Crippen LogP contribution in [0.15, 0.2) is 0 Å². The first-order valence-corrected chi connectivity index (χ1v) is 5.42. The van der Waals surface area contributed by atoms with Gasteiger partial charge in [0.15, 0.2) is 0 Å². The van der Waals surface area contributed by atoms with Gasteiger partial charge in [-0.05, 0) is 25.8 Å². The van der Waals surface area contributed by atoms with Crippen LogP contribution in [0.5, 0.6) is 0 Å². The van der Waals surface area contributed by atoms with Crippen molar-refractivity contribution in [2.45, 2.75) is 31.4 Å². The lowest BCUT2D eigenvalue weighted by Gasteiger charge is -2.13. The molecule has 0 saturated carbocycles. The Hall–Kier alpha value is -0.650. The van der Waals surface area contributed by atoms with Gasteiger partial charge in [-0.25, -0.2) is 0 Å². The topological polar surface area (TPSA) is 70.6 Å². The van der Waals surface area contributed by atoms with Gasteiger partial charge in [0.25, 0.3) is 0 Å². The summed E-state index contributed by atoms with van der Waals surface area (Å²) in [5.74, 6) is 0.0390. The van der Waals surface area contributed by atoms with E-state index in [1.165, 1.54) is 0 Å². The molecule has 2 atom stereocenters. The van der Waals surface area contributed by atoms with Gasteiger partial charge in [-0.15, -0.1) is 0 Å². The molecule has 1 aliphatic rings. The number of aliphatic hydroxyl groups is 1. The maximum absolute atomic E-state index is 11.5. The Morgan fingerprint density at radius 3 is 3.13 bits per heavy atom. The number of carbonyl (C=O) groups is 1. The lowest BCUT2D eigenvalue weighted by atomic mass is 10.2. The highest BCUT2D eigenvalue weighted by atomic mass is 16.5. The molecule has 1 saturated heterocycles. The number of hydrogen-bond donors (Lipinski definition) is 3. The van der Waals surface area contributed by atoms with Crippen molar-refractivity contribution < 1.29 is 14.6 Å². The highest BCUT2D eigenvalue weighted by Crippen LogP contribution is 2.04. The Morgan fingerprint density at radius 2 is 2.53 bits per heavy atom. The summed E-state index contributed by atoms with van der Waals surface area (Å²) >= 11 is 0. The van der Waals surface area contributed by atoms with Crippen molar-refractivity contribution in [1.29, 1.82) is 0 Å². The van der Waals surface area contributed by atoms with Crippen molar-refractivity contribution >= 4 is 5.91 Å². The lowest BCUT2D eigenvalue weighted by molar-refractivity contribution is -0.122. The lowest BCUT2D eigenvalue weighted by Crippen LogP contribution is -2.41. The summed E-state index contributed by atoms with van der Waals surface area (Å²) in [6.07, 6.45) is 2.01. The van der Waals surface area contributed by atoms with Gasteiger partial charge >= 0.3 is 0 Å². The Kier molecular flexibility index (Phi) is 5.60. The molecule has 0 radical (unpaired) electrons. The largest absolute Gasteiger partial charge is 0.391 e. The van der Waals surface area contributed by atoms with E-state index in [4.69, 9.17) is 4.74 Å². The zero-order valence-electron chi connectivity index (χ0n) is 9.16. The number of aliphatic hydroxyl groups excluding tert-OH is 1. The number of ether oxygens (including phenoxy) is 1. The van der Waals surface area contributed by atoms with E-state index in [-0.39, 0.29) is 11.9 Å². The van der Waals surface area contributed by atoms with Crippen LogP contribution >= 0.6 is 0 Å². The highest BCUT2D eigenvalue weighted by molar-refractivity contribution is 5.81. The van der Waals surface area contributed by atoms with Crippen LogP contribution in [0.2, 0.25) is 0 Å². The fourth-order valence-electron chi connectivity index (χ4n) is 1.67. The summed E-state index contributed by atoms with van der Waals surface area (Å²) in [7, 11) is 1.55. The van der Waals surface area contributed by atoms with E-state index in [1.807, 2.05) is 0 Å². The Balaban J connectivity index is 2.06. The van der Waals surface area contributed by atoms with Crippen LogP contribution in [0.25, 0.3) is 0 Å². The van der Waals surface area contributed by atoms with Crippen molar-refractivity contribution in [3.63, 3.8) is 0 Å². The monoisotopic (exact) mass is 216 g/mol. The van der Waals surface area contributed by atoms with Gasteiger partial charge in [0.1, 0.15) is 0 Å². The number of carbonyl (C=O) groups excluding carboxylic acids is 1. The molecule has 1 heterocycles. The average molecular weight is 216 g/mol. The van der Waals surface area contributed by atoms with Crippen molar-refractivity contribution in [3.8, 4) is 0 Å². The fourth-order valence-corrected chi connectivity index (χ4v) is 1.67. The van der Waals surface area contributed by atoms with Crippen molar-refractivity contribution in [2.24, 2.45) is 0 Å². The summed E-state index contributed by atoms with van der Waals surface area (Å²) < 4.78 is 4.79. The van der Waals surface area contributed by atoms with Crippen LogP contribution in [0.4, 0.5) is 0 Å². The summed E-state index contributed by atoms with van der Waals surface area (Å²) in [6, 6.07) is -0.0374. The average Bonchev–Trinajstić information content (AvgIpc) is 2.70. The normalized spacial score (nSPS) is 22.7. The standard InChI is InChI=1S/C10H20N2O3/c1-15-7-8(13)4-6-12-10(14)9-3-2-5-11-9/h8-9,11,13H,2-7H2,1H3,(H,12,14)/t8?,9-/m0/s1. The minimum absolute atomic E-state index is 0.0374. The summed E-state index contributed by atoms with van der Waals surface area (Å²) in [5, 5.41) is 15.3.